The fourth-order valence-electron chi connectivity index (χ4n) is 2.26. The maximum Gasteiger partial charge on any atom is 0.232 e. The Kier molecular flexibility index (Phi) is 3.28. The van der Waals surface area contributed by atoms with Crippen LogP contribution < -0.4 is 15.1 Å². The van der Waals surface area contributed by atoms with E-state index < -0.39 is 0 Å². The van der Waals surface area contributed by atoms with Crippen LogP contribution in [-0.4, -0.2) is 48.2 Å². The average molecular weight is 250 g/mol. The van der Waals surface area contributed by atoms with Crippen LogP contribution in [0.2, 0.25) is 0 Å². The van der Waals surface area contributed by atoms with Crippen LogP contribution >= 0.6 is 0 Å². The van der Waals surface area contributed by atoms with Gasteiger partial charge in [-0.15, -0.1) is 0 Å². The van der Waals surface area contributed by atoms with Gasteiger partial charge in [0.25, 0.3) is 0 Å². The van der Waals surface area contributed by atoms with Crippen molar-refractivity contribution in [3.63, 3.8) is 0 Å². The molecule has 2 heterocycles. The first kappa shape index (κ1) is 12.9. The van der Waals surface area contributed by atoms with Crippen LogP contribution in [0.25, 0.3) is 0 Å². The van der Waals surface area contributed by atoms with Crippen LogP contribution in [0.5, 0.6) is 0 Å². The van der Waals surface area contributed by atoms with Gasteiger partial charge in [-0.3, -0.25) is 0 Å². The predicted octanol–water partition coefficient (Wildman–Crippen LogP) is 1.36. The Morgan fingerprint density at radius 2 is 1.94 bits per heavy atom. The second kappa shape index (κ2) is 4.59. The molecular weight excluding hydrogens is 228 g/mol. The number of hydrogen-bond acceptors (Lipinski definition) is 6. The van der Waals surface area contributed by atoms with Crippen molar-refractivity contribution in [2.24, 2.45) is 0 Å². The van der Waals surface area contributed by atoms with Crippen molar-refractivity contribution in [2.75, 3.05) is 42.8 Å². The van der Waals surface area contributed by atoms with Crippen molar-refractivity contribution < 1.29 is 0 Å². The lowest BCUT2D eigenvalue weighted by molar-refractivity contribution is 0.509. The average Bonchev–Trinajstić information content (AvgIpc) is 2.68. The smallest absolute Gasteiger partial charge is 0.232 e. The summed E-state index contributed by atoms with van der Waals surface area (Å²) in [7, 11) is 5.70. The van der Waals surface area contributed by atoms with Gasteiger partial charge in [-0.25, -0.2) is 0 Å². The predicted molar refractivity (Wildman–Crippen MR) is 74.4 cm³/mol. The molecule has 6 nitrogen and oxygen atoms in total. The molecule has 0 spiro atoms. The summed E-state index contributed by atoms with van der Waals surface area (Å²) in [5.74, 6) is 2.07. The minimum Gasteiger partial charge on any atom is -0.357 e. The van der Waals surface area contributed by atoms with Gasteiger partial charge in [0.05, 0.1) is 0 Å². The first-order chi connectivity index (χ1) is 8.44. The number of aromatic nitrogens is 3. The van der Waals surface area contributed by atoms with E-state index in [0.717, 1.165) is 12.5 Å². The molecule has 0 bridgehead atoms. The Bertz CT molecular complexity index is 429. The Balaban J connectivity index is 2.40. The third kappa shape index (κ3) is 2.32. The van der Waals surface area contributed by atoms with Crippen molar-refractivity contribution in [1.29, 1.82) is 0 Å². The molecule has 2 rings (SSSR count). The highest BCUT2D eigenvalue weighted by Gasteiger charge is 2.34. The van der Waals surface area contributed by atoms with Gasteiger partial charge in [0, 0.05) is 33.2 Å². The van der Waals surface area contributed by atoms with E-state index in [1.807, 2.05) is 26.0 Å². The maximum atomic E-state index is 4.55. The lowest BCUT2D eigenvalue weighted by atomic mass is 10.0. The van der Waals surface area contributed by atoms with Gasteiger partial charge >= 0.3 is 0 Å². The quantitative estimate of drug-likeness (QED) is 0.874. The Hall–Kier alpha value is -1.59. The molecule has 1 aliphatic rings. The summed E-state index contributed by atoms with van der Waals surface area (Å²) in [6.07, 6.45) is 2.36. The molecule has 0 aromatic carbocycles. The van der Waals surface area contributed by atoms with Crippen LogP contribution in [0, 0.1) is 0 Å². The molecular formula is C12H22N6. The summed E-state index contributed by atoms with van der Waals surface area (Å²) in [5, 5.41) is 3.00. The normalized spacial score (nSPS) is 17.9. The van der Waals surface area contributed by atoms with E-state index in [4.69, 9.17) is 0 Å². The third-order valence-corrected chi connectivity index (χ3v) is 3.38. The lowest BCUT2D eigenvalue weighted by Gasteiger charge is -2.32. The van der Waals surface area contributed by atoms with E-state index >= 15 is 0 Å². The molecule has 0 atom stereocenters. The summed E-state index contributed by atoms with van der Waals surface area (Å²) >= 11 is 0. The first-order valence-electron chi connectivity index (χ1n) is 6.33. The van der Waals surface area contributed by atoms with Crippen molar-refractivity contribution in [2.45, 2.75) is 32.2 Å². The maximum absolute atomic E-state index is 4.55. The number of hydrogen-bond donors (Lipinski definition) is 1. The van der Waals surface area contributed by atoms with Crippen molar-refractivity contribution in [1.82, 2.24) is 15.0 Å². The largest absolute Gasteiger partial charge is 0.357 e. The van der Waals surface area contributed by atoms with Gasteiger partial charge in [-0.05, 0) is 26.7 Å². The first-order valence-corrected chi connectivity index (χ1v) is 6.33. The molecule has 6 heteroatoms. The van der Waals surface area contributed by atoms with Crippen LogP contribution in [-0.2, 0) is 0 Å². The standard InChI is InChI=1S/C12H22N6/c1-12(2)7-6-8-18(12)11-15-9(13-3)14-10(16-11)17(4)5/h6-8H2,1-5H3,(H,13,14,15,16). The molecule has 0 unspecified atom stereocenters. The minimum atomic E-state index is 0.121. The minimum absolute atomic E-state index is 0.121. The fraction of sp³-hybridized carbons (Fsp3) is 0.750. The topological polar surface area (TPSA) is 57.2 Å². The lowest BCUT2D eigenvalue weighted by Crippen LogP contribution is -2.39. The van der Waals surface area contributed by atoms with Crippen LogP contribution in [0.4, 0.5) is 17.8 Å². The molecule has 0 amide bonds. The molecule has 1 aliphatic heterocycles. The zero-order chi connectivity index (χ0) is 13.3. The van der Waals surface area contributed by atoms with E-state index in [1.165, 1.54) is 12.8 Å². The summed E-state index contributed by atoms with van der Waals surface area (Å²) < 4.78 is 0. The van der Waals surface area contributed by atoms with Gasteiger partial charge < -0.3 is 15.1 Å². The highest BCUT2D eigenvalue weighted by molar-refractivity contribution is 5.46. The zero-order valence-corrected chi connectivity index (χ0v) is 11.9. The van der Waals surface area contributed by atoms with Crippen LogP contribution in [0.15, 0.2) is 0 Å². The van der Waals surface area contributed by atoms with E-state index in [0.29, 0.717) is 11.9 Å². The summed E-state index contributed by atoms with van der Waals surface area (Å²) in [6, 6.07) is 0. The third-order valence-electron chi connectivity index (χ3n) is 3.38. The molecule has 1 saturated heterocycles. The van der Waals surface area contributed by atoms with Gasteiger partial charge in [-0.1, -0.05) is 0 Å². The summed E-state index contributed by atoms with van der Waals surface area (Å²) in [5.41, 5.74) is 0.121. The zero-order valence-electron chi connectivity index (χ0n) is 11.9. The van der Waals surface area contributed by atoms with E-state index in [2.05, 4.69) is 39.0 Å². The number of nitrogens with one attached hydrogen (secondary N) is 1. The van der Waals surface area contributed by atoms with Crippen molar-refractivity contribution in [3.8, 4) is 0 Å². The number of nitrogens with zero attached hydrogens (tertiary/aromatic N) is 5. The molecule has 0 aliphatic carbocycles. The second-order valence-corrected chi connectivity index (χ2v) is 5.47. The van der Waals surface area contributed by atoms with Gasteiger partial charge in [0.15, 0.2) is 0 Å². The highest BCUT2D eigenvalue weighted by Crippen LogP contribution is 2.32. The number of rotatable bonds is 3. The molecule has 0 saturated carbocycles. The molecule has 100 valence electrons. The van der Waals surface area contributed by atoms with Crippen molar-refractivity contribution >= 4 is 17.8 Å². The molecule has 18 heavy (non-hydrogen) atoms. The van der Waals surface area contributed by atoms with Crippen LogP contribution in [0.1, 0.15) is 26.7 Å². The highest BCUT2D eigenvalue weighted by atomic mass is 15.4. The molecule has 1 aromatic heterocycles. The van der Waals surface area contributed by atoms with Gasteiger partial charge in [0.2, 0.25) is 17.8 Å². The molecule has 1 aromatic rings. The van der Waals surface area contributed by atoms with Gasteiger partial charge in [0.1, 0.15) is 0 Å². The second-order valence-electron chi connectivity index (χ2n) is 5.47. The Morgan fingerprint density at radius 3 is 2.44 bits per heavy atom. The SMILES string of the molecule is CNc1nc(N(C)C)nc(N2CCCC2(C)C)n1. The molecule has 1 N–H and O–H groups in total. The van der Waals surface area contributed by atoms with Gasteiger partial charge in [-0.2, -0.15) is 15.0 Å². The van der Waals surface area contributed by atoms with E-state index in [-0.39, 0.29) is 5.54 Å². The monoisotopic (exact) mass is 250 g/mol. The summed E-state index contributed by atoms with van der Waals surface area (Å²) in [6.45, 7) is 5.48. The fourth-order valence-corrected chi connectivity index (χ4v) is 2.26. The Labute approximate surface area is 108 Å². The number of anilines is 3. The Morgan fingerprint density at radius 1 is 1.22 bits per heavy atom. The molecule has 1 fully saturated rings. The van der Waals surface area contributed by atoms with Crippen molar-refractivity contribution in [3.05, 3.63) is 0 Å². The van der Waals surface area contributed by atoms with Crippen LogP contribution in [0.3, 0.4) is 0 Å². The van der Waals surface area contributed by atoms with E-state index in [9.17, 15) is 0 Å². The van der Waals surface area contributed by atoms with E-state index in [1.54, 1.807) is 0 Å². The summed E-state index contributed by atoms with van der Waals surface area (Å²) in [4.78, 5) is 17.5. The molecule has 0 radical (unpaired) electrons.